The van der Waals surface area contributed by atoms with Gasteiger partial charge in [0.15, 0.2) is 0 Å². The molecule has 1 aliphatic carbocycles. The van der Waals surface area contributed by atoms with Crippen LogP contribution in [0.3, 0.4) is 0 Å². The highest BCUT2D eigenvalue weighted by atomic mass is 35.5. The van der Waals surface area contributed by atoms with Crippen LogP contribution in [0.2, 0.25) is 5.02 Å². The zero-order valence-corrected chi connectivity index (χ0v) is 18.1. The summed E-state index contributed by atoms with van der Waals surface area (Å²) in [5.74, 6) is -5.16. The van der Waals surface area contributed by atoms with Gasteiger partial charge in [0.05, 0.1) is 23.1 Å². The van der Waals surface area contributed by atoms with Crippen molar-refractivity contribution in [3.63, 3.8) is 0 Å². The number of allylic oxidation sites excluding steroid dienone is 1. The number of carbonyl (C=O) groups excluding carboxylic acids is 1. The molecule has 1 aliphatic rings. The second-order valence-corrected chi connectivity index (χ2v) is 7.47. The minimum absolute atomic E-state index is 0.275. The Morgan fingerprint density at radius 1 is 1.39 bits per heavy atom. The third-order valence-electron chi connectivity index (χ3n) is 5.26. The van der Waals surface area contributed by atoms with Crippen LogP contribution < -0.4 is 4.74 Å². The first-order valence-corrected chi connectivity index (χ1v) is 9.80. The second-order valence-electron chi connectivity index (χ2n) is 7.07. The van der Waals surface area contributed by atoms with Crippen molar-refractivity contribution in [2.45, 2.75) is 25.6 Å². The molecule has 0 saturated carbocycles. The zero-order chi connectivity index (χ0) is 25.2. The van der Waals surface area contributed by atoms with Crippen LogP contribution in [0.15, 0.2) is 54.8 Å². The Morgan fingerprint density at radius 3 is 2.48 bits per heavy atom. The Hall–Kier alpha value is -3.34. The molecule has 0 saturated heterocycles. The molecule has 3 unspecified atom stereocenters. The van der Waals surface area contributed by atoms with Gasteiger partial charge in [0.25, 0.3) is 11.0 Å². The van der Waals surface area contributed by atoms with Gasteiger partial charge in [-0.15, -0.1) is 6.58 Å². The predicted molar refractivity (Wildman–Crippen MR) is 110 cm³/mol. The molecule has 3 atom stereocenters. The van der Waals surface area contributed by atoms with Crippen molar-refractivity contribution in [2.75, 3.05) is 6.61 Å². The van der Waals surface area contributed by atoms with E-state index in [0.717, 1.165) is 24.3 Å². The summed E-state index contributed by atoms with van der Waals surface area (Å²) in [5, 5.41) is 21.8. The Morgan fingerprint density at radius 2 is 2.03 bits per heavy atom. The van der Waals surface area contributed by atoms with E-state index in [-0.39, 0.29) is 18.1 Å². The standard InChI is InChI=1S/C21H19ClF3NO7/c1-4-12(3)20(26(30)31)9-8-14(11-19(20,17(27)28)18(29)32-5-2)33-16-7-6-13(10-15(16)22)21(23,24)25/h4,6-12H,1,5H2,2-3H3,(H,27,28). The van der Waals surface area contributed by atoms with E-state index in [1.54, 1.807) is 0 Å². The fraction of sp³-hybridized carbons (Fsp3) is 0.333. The monoisotopic (exact) mass is 489 g/mol. The topological polar surface area (TPSA) is 116 Å². The smallest absolute Gasteiger partial charge is 0.416 e. The highest BCUT2D eigenvalue weighted by Crippen LogP contribution is 2.48. The summed E-state index contributed by atoms with van der Waals surface area (Å²) < 4.78 is 48.9. The molecule has 1 aromatic carbocycles. The van der Waals surface area contributed by atoms with E-state index < -0.39 is 50.5 Å². The minimum atomic E-state index is -4.67. The fourth-order valence-electron chi connectivity index (χ4n) is 3.52. The molecule has 0 heterocycles. The Bertz CT molecular complexity index is 1050. The lowest BCUT2D eigenvalue weighted by Crippen LogP contribution is -2.64. The van der Waals surface area contributed by atoms with Gasteiger partial charge in [-0.2, -0.15) is 13.2 Å². The number of hydrogen-bond acceptors (Lipinski definition) is 6. The molecular formula is C21H19ClF3NO7. The Labute approximate surface area is 191 Å². The van der Waals surface area contributed by atoms with Crippen molar-refractivity contribution in [2.24, 2.45) is 11.3 Å². The summed E-state index contributed by atoms with van der Waals surface area (Å²) in [4.78, 5) is 36.6. The number of alkyl halides is 3. The molecule has 0 radical (unpaired) electrons. The number of hydrogen-bond donors (Lipinski definition) is 1. The highest BCUT2D eigenvalue weighted by Gasteiger charge is 2.72. The summed E-state index contributed by atoms with van der Waals surface area (Å²) in [6, 6.07) is 2.18. The first-order chi connectivity index (χ1) is 15.3. The van der Waals surface area contributed by atoms with Gasteiger partial charge >= 0.3 is 18.1 Å². The molecule has 0 aliphatic heterocycles. The number of benzene rings is 1. The van der Waals surface area contributed by atoms with E-state index in [9.17, 15) is 38.0 Å². The van der Waals surface area contributed by atoms with E-state index in [0.29, 0.717) is 18.2 Å². The van der Waals surface area contributed by atoms with Gasteiger partial charge in [0, 0.05) is 4.92 Å². The van der Waals surface area contributed by atoms with Gasteiger partial charge in [-0.05, 0) is 43.4 Å². The number of rotatable bonds is 8. The summed E-state index contributed by atoms with van der Waals surface area (Å²) in [6.45, 7) is 5.90. The molecule has 0 spiro atoms. The highest BCUT2D eigenvalue weighted by molar-refractivity contribution is 6.32. The van der Waals surface area contributed by atoms with Crippen LogP contribution in [0.4, 0.5) is 13.2 Å². The quantitative estimate of drug-likeness (QED) is 0.185. The van der Waals surface area contributed by atoms with Crippen molar-refractivity contribution in [1.29, 1.82) is 0 Å². The van der Waals surface area contributed by atoms with E-state index in [2.05, 4.69) is 6.58 Å². The molecular weight excluding hydrogens is 471 g/mol. The number of halogens is 4. The lowest BCUT2D eigenvalue weighted by atomic mass is 9.61. The first-order valence-electron chi connectivity index (χ1n) is 9.42. The maximum absolute atomic E-state index is 12.9. The molecule has 12 heteroatoms. The Kier molecular flexibility index (Phi) is 7.27. The summed E-state index contributed by atoms with van der Waals surface area (Å²) >= 11 is 5.87. The number of carbonyl (C=O) groups is 2. The molecule has 178 valence electrons. The van der Waals surface area contributed by atoms with E-state index in [4.69, 9.17) is 21.1 Å². The van der Waals surface area contributed by atoms with Gasteiger partial charge in [0.1, 0.15) is 11.5 Å². The molecule has 0 amide bonds. The number of esters is 1. The third kappa shape index (κ3) is 4.32. The number of carboxylic acids is 1. The predicted octanol–water partition coefficient (Wildman–Crippen LogP) is 4.66. The molecule has 0 fully saturated rings. The van der Waals surface area contributed by atoms with Crippen LogP contribution in [0, 0.1) is 21.4 Å². The van der Waals surface area contributed by atoms with Crippen LogP contribution >= 0.6 is 11.6 Å². The molecule has 2 rings (SSSR count). The number of nitro groups is 1. The summed E-state index contributed by atoms with van der Waals surface area (Å²) in [6.07, 6.45) is -0.934. The van der Waals surface area contributed by atoms with Crippen molar-refractivity contribution in [3.05, 3.63) is 75.5 Å². The van der Waals surface area contributed by atoms with Crippen LogP contribution in [0.25, 0.3) is 0 Å². The minimum Gasteiger partial charge on any atom is -0.480 e. The number of carboxylic acid groups (broad SMARTS) is 1. The molecule has 0 bridgehead atoms. The lowest BCUT2D eigenvalue weighted by molar-refractivity contribution is -0.575. The Balaban J connectivity index is 2.70. The largest absolute Gasteiger partial charge is 0.480 e. The van der Waals surface area contributed by atoms with Crippen LogP contribution in [0.1, 0.15) is 19.4 Å². The lowest BCUT2D eigenvalue weighted by Gasteiger charge is -2.40. The maximum atomic E-state index is 12.9. The van der Waals surface area contributed by atoms with E-state index in [1.165, 1.54) is 13.8 Å². The molecule has 1 N–H and O–H groups in total. The zero-order valence-electron chi connectivity index (χ0n) is 17.4. The van der Waals surface area contributed by atoms with E-state index >= 15 is 0 Å². The maximum Gasteiger partial charge on any atom is 0.416 e. The van der Waals surface area contributed by atoms with Gasteiger partial charge in [0.2, 0.25) is 0 Å². The number of ether oxygens (including phenoxy) is 2. The van der Waals surface area contributed by atoms with Gasteiger partial charge in [-0.1, -0.05) is 24.6 Å². The molecule has 8 nitrogen and oxygen atoms in total. The van der Waals surface area contributed by atoms with Gasteiger partial charge in [-0.3, -0.25) is 19.7 Å². The third-order valence-corrected chi connectivity index (χ3v) is 5.56. The second kappa shape index (κ2) is 9.26. The summed E-state index contributed by atoms with van der Waals surface area (Å²) in [7, 11) is 0. The van der Waals surface area contributed by atoms with Crippen molar-refractivity contribution < 1.29 is 42.3 Å². The van der Waals surface area contributed by atoms with Crippen LogP contribution in [-0.4, -0.2) is 34.1 Å². The molecule has 33 heavy (non-hydrogen) atoms. The first kappa shape index (κ1) is 25.9. The normalized spacial score (nSPS) is 23.3. The molecule has 0 aromatic heterocycles. The SMILES string of the molecule is C=CC(C)C1([N+](=O)[O-])C=CC(Oc2ccc(C(F)(F)F)cc2Cl)=CC1(C(=O)O)C(=O)OCC. The van der Waals surface area contributed by atoms with Crippen molar-refractivity contribution >= 4 is 23.5 Å². The molecule has 1 aromatic rings. The van der Waals surface area contributed by atoms with Gasteiger partial charge in [-0.25, -0.2) is 0 Å². The fourth-order valence-corrected chi connectivity index (χ4v) is 3.74. The number of aliphatic carboxylic acids is 1. The average Bonchev–Trinajstić information content (AvgIpc) is 2.73. The van der Waals surface area contributed by atoms with Crippen molar-refractivity contribution in [3.8, 4) is 5.75 Å². The average molecular weight is 490 g/mol. The van der Waals surface area contributed by atoms with Crippen LogP contribution in [0.5, 0.6) is 5.75 Å². The van der Waals surface area contributed by atoms with Crippen molar-refractivity contribution in [1.82, 2.24) is 0 Å². The summed E-state index contributed by atoms with van der Waals surface area (Å²) in [5.41, 5.74) is -6.47. The van der Waals surface area contributed by atoms with Crippen LogP contribution in [-0.2, 0) is 20.5 Å². The number of nitrogens with zero attached hydrogens (tertiary/aromatic N) is 1. The van der Waals surface area contributed by atoms with Gasteiger partial charge < -0.3 is 14.6 Å². The van der Waals surface area contributed by atoms with E-state index in [1.807, 2.05) is 0 Å².